The molecule has 1 aromatic rings. The molecule has 0 amide bonds. The molecule has 1 N–H and O–H groups in total. The Morgan fingerprint density at radius 3 is 2.63 bits per heavy atom. The number of hydrogen-bond donors (Lipinski definition) is 1. The lowest BCUT2D eigenvalue weighted by atomic mass is 10.0. The summed E-state index contributed by atoms with van der Waals surface area (Å²) in [4.78, 5) is 2.42. The molecule has 0 saturated carbocycles. The summed E-state index contributed by atoms with van der Waals surface area (Å²) >= 11 is 0. The lowest BCUT2D eigenvalue weighted by molar-refractivity contribution is -0.00968. The quantitative estimate of drug-likeness (QED) is 0.882. The summed E-state index contributed by atoms with van der Waals surface area (Å²) in [7, 11) is 0. The first kappa shape index (κ1) is 14.4. The third-order valence-corrected chi connectivity index (χ3v) is 3.70. The van der Waals surface area contributed by atoms with Gasteiger partial charge in [0.2, 0.25) is 0 Å². The second-order valence-corrected chi connectivity index (χ2v) is 5.61. The summed E-state index contributed by atoms with van der Waals surface area (Å²) in [5.74, 6) is -0.140. The standard InChI is InChI=1S/C15H23FN2O/c1-15(2,18-7-9-19-10-8-18)12-17-11-13-5-3-4-6-14(13)16/h3-6,17H,7-12H2,1-2H3. The molecule has 106 valence electrons. The molecule has 0 spiro atoms. The maximum atomic E-state index is 13.5. The first-order valence-corrected chi connectivity index (χ1v) is 6.86. The van der Waals surface area contributed by atoms with Crippen molar-refractivity contribution in [1.82, 2.24) is 10.2 Å². The average molecular weight is 266 g/mol. The van der Waals surface area contributed by atoms with E-state index in [1.165, 1.54) is 6.07 Å². The molecule has 3 nitrogen and oxygen atoms in total. The van der Waals surface area contributed by atoms with Gasteiger partial charge in [0, 0.05) is 37.3 Å². The molecule has 1 fully saturated rings. The minimum absolute atomic E-state index is 0.0645. The van der Waals surface area contributed by atoms with Crippen LogP contribution in [0.5, 0.6) is 0 Å². The van der Waals surface area contributed by atoms with E-state index in [0.29, 0.717) is 6.54 Å². The fraction of sp³-hybridized carbons (Fsp3) is 0.600. The largest absolute Gasteiger partial charge is 0.379 e. The van der Waals surface area contributed by atoms with Gasteiger partial charge in [-0.15, -0.1) is 0 Å². The molecule has 1 heterocycles. The van der Waals surface area contributed by atoms with Crippen LogP contribution >= 0.6 is 0 Å². The molecule has 0 radical (unpaired) electrons. The highest BCUT2D eigenvalue weighted by atomic mass is 19.1. The molecule has 19 heavy (non-hydrogen) atoms. The van der Waals surface area contributed by atoms with Crippen LogP contribution in [-0.2, 0) is 11.3 Å². The van der Waals surface area contributed by atoms with E-state index in [1.807, 2.05) is 12.1 Å². The predicted octanol–water partition coefficient (Wildman–Crippen LogP) is 2.03. The van der Waals surface area contributed by atoms with Gasteiger partial charge in [0.25, 0.3) is 0 Å². The van der Waals surface area contributed by atoms with Gasteiger partial charge in [-0.1, -0.05) is 18.2 Å². The van der Waals surface area contributed by atoms with Crippen molar-refractivity contribution in [3.63, 3.8) is 0 Å². The molecule has 2 rings (SSSR count). The van der Waals surface area contributed by atoms with Crippen molar-refractivity contribution < 1.29 is 9.13 Å². The molecular formula is C15H23FN2O. The molecular weight excluding hydrogens is 243 g/mol. The van der Waals surface area contributed by atoms with E-state index in [1.54, 1.807) is 6.07 Å². The van der Waals surface area contributed by atoms with Gasteiger partial charge in [-0.3, -0.25) is 4.90 Å². The highest BCUT2D eigenvalue weighted by Crippen LogP contribution is 2.15. The van der Waals surface area contributed by atoms with Crippen LogP contribution < -0.4 is 5.32 Å². The zero-order valence-electron chi connectivity index (χ0n) is 11.8. The van der Waals surface area contributed by atoms with Crippen molar-refractivity contribution in [3.05, 3.63) is 35.6 Å². The first-order valence-electron chi connectivity index (χ1n) is 6.86. The first-order chi connectivity index (χ1) is 9.09. The van der Waals surface area contributed by atoms with Crippen molar-refractivity contribution in [2.75, 3.05) is 32.8 Å². The molecule has 0 unspecified atom stereocenters. The molecule has 0 aromatic heterocycles. The zero-order valence-corrected chi connectivity index (χ0v) is 11.8. The second kappa shape index (κ2) is 6.46. The predicted molar refractivity (Wildman–Crippen MR) is 74.6 cm³/mol. The van der Waals surface area contributed by atoms with E-state index < -0.39 is 0 Å². The molecule has 1 saturated heterocycles. The Hall–Kier alpha value is -0.970. The number of ether oxygens (including phenoxy) is 1. The third kappa shape index (κ3) is 4.00. The molecule has 4 heteroatoms. The SMILES string of the molecule is CC(C)(CNCc1ccccc1F)N1CCOCC1. The van der Waals surface area contributed by atoms with E-state index in [2.05, 4.69) is 24.1 Å². The Morgan fingerprint density at radius 1 is 1.26 bits per heavy atom. The summed E-state index contributed by atoms with van der Waals surface area (Å²) in [6.45, 7) is 9.37. The van der Waals surface area contributed by atoms with Gasteiger partial charge < -0.3 is 10.1 Å². The maximum absolute atomic E-state index is 13.5. The smallest absolute Gasteiger partial charge is 0.127 e. The van der Waals surface area contributed by atoms with Gasteiger partial charge >= 0.3 is 0 Å². The van der Waals surface area contributed by atoms with Crippen LogP contribution in [0.25, 0.3) is 0 Å². The number of rotatable bonds is 5. The molecule has 0 bridgehead atoms. The third-order valence-electron chi connectivity index (χ3n) is 3.70. The lowest BCUT2D eigenvalue weighted by Gasteiger charge is -2.41. The molecule has 0 aliphatic carbocycles. The van der Waals surface area contributed by atoms with Crippen LogP contribution in [0.4, 0.5) is 4.39 Å². The monoisotopic (exact) mass is 266 g/mol. The molecule has 1 aromatic carbocycles. The van der Waals surface area contributed by atoms with Crippen molar-refractivity contribution in [2.45, 2.75) is 25.9 Å². The molecule has 1 aliphatic rings. The fourth-order valence-corrected chi connectivity index (χ4v) is 2.43. The zero-order chi connectivity index (χ0) is 13.7. The Morgan fingerprint density at radius 2 is 1.95 bits per heavy atom. The second-order valence-electron chi connectivity index (χ2n) is 5.61. The van der Waals surface area contributed by atoms with Gasteiger partial charge in [-0.25, -0.2) is 4.39 Å². The summed E-state index contributed by atoms with van der Waals surface area (Å²) in [5, 5.41) is 3.36. The highest BCUT2D eigenvalue weighted by molar-refractivity contribution is 5.16. The summed E-state index contributed by atoms with van der Waals surface area (Å²) in [6, 6.07) is 6.91. The van der Waals surface area contributed by atoms with Crippen LogP contribution in [0, 0.1) is 5.82 Å². The number of nitrogens with zero attached hydrogens (tertiary/aromatic N) is 1. The summed E-state index contributed by atoms with van der Waals surface area (Å²) < 4.78 is 18.9. The lowest BCUT2D eigenvalue weighted by Crippen LogP contribution is -2.54. The maximum Gasteiger partial charge on any atom is 0.127 e. The molecule has 0 atom stereocenters. The van der Waals surface area contributed by atoms with Crippen LogP contribution in [0.15, 0.2) is 24.3 Å². The van der Waals surface area contributed by atoms with Crippen LogP contribution in [-0.4, -0.2) is 43.3 Å². The van der Waals surface area contributed by atoms with Crippen molar-refractivity contribution in [3.8, 4) is 0 Å². The number of halogens is 1. The van der Waals surface area contributed by atoms with E-state index in [0.717, 1.165) is 38.4 Å². The number of nitrogens with one attached hydrogen (secondary N) is 1. The van der Waals surface area contributed by atoms with Crippen LogP contribution in [0.2, 0.25) is 0 Å². The minimum atomic E-state index is -0.140. The number of benzene rings is 1. The van der Waals surface area contributed by atoms with Crippen molar-refractivity contribution in [2.24, 2.45) is 0 Å². The van der Waals surface area contributed by atoms with Gasteiger partial charge in [0.15, 0.2) is 0 Å². The Balaban J connectivity index is 1.82. The van der Waals surface area contributed by atoms with Crippen LogP contribution in [0.3, 0.4) is 0 Å². The van der Waals surface area contributed by atoms with Crippen molar-refractivity contribution >= 4 is 0 Å². The van der Waals surface area contributed by atoms with Gasteiger partial charge in [-0.2, -0.15) is 0 Å². The number of hydrogen-bond acceptors (Lipinski definition) is 3. The summed E-state index contributed by atoms with van der Waals surface area (Å²) in [5.41, 5.74) is 0.787. The van der Waals surface area contributed by atoms with E-state index in [-0.39, 0.29) is 11.4 Å². The average Bonchev–Trinajstić information content (AvgIpc) is 2.42. The Bertz CT molecular complexity index is 403. The highest BCUT2D eigenvalue weighted by Gasteiger charge is 2.27. The van der Waals surface area contributed by atoms with Gasteiger partial charge in [0.1, 0.15) is 5.82 Å². The van der Waals surface area contributed by atoms with E-state index >= 15 is 0 Å². The minimum Gasteiger partial charge on any atom is -0.379 e. The normalized spacial score (nSPS) is 17.6. The molecule has 1 aliphatic heterocycles. The van der Waals surface area contributed by atoms with Crippen LogP contribution in [0.1, 0.15) is 19.4 Å². The number of morpholine rings is 1. The Labute approximate surface area is 114 Å². The fourth-order valence-electron chi connectivity index (χ4n) is 2.43. The van der Waals surface area contributed by atoms with Gasteiger partial charge in [-0.05, 0) is 19.9 Å². The van der Waals surface area contributed by atoms with E-state index in [4.69, 9.17) is 4.74 Å². The Kier molecular flexibility index (Phi) is 4.91. The van der Waals surface area contributed by atoms with Gasteiger partial charge in [0.05, 0.1) is 13.2 Å². The van der Waals surface area contributed by atoms with Crippen molar-refractivity contribution in [1.29, 1.82) is 0 Å². The topological polar surface area (TPSA) is 24.5 Å². The van der Waals surface area contributed by atoms with E-state index in [9.17, 15) is 4.39 Å². The summed E-state index contributed by atoms with van der Waals surface area (Å²) in [6.07, 6.45) is 0.